The maximum absolute atomic E-state index is 12.8. The molecule has 1 atom stereocenters. The van der Waals surface area contributed by atoms with E-state index in [4.69, 9.17) is 9.47 Å². The van der Waals surface area contributed by atoms with Gasteiger partial charge >= 0.3 is 6.09 Å². The molecule has 1 aliphatic rings. The topological polar surface area (TPSA) is 75.2 Å². The number of nitrogens with zero attached hydrogens (tertiary/aromatic N) is 2. The third-order valence-corrected chi connectivity index (χ3v) is 4.59. The minimum absolute atomic E-state index is 0. The molecule has 1 unspecified atom stereocenters. The maximum atomic E-state index is 12.8. The Balaban J connectivity index is 0.00000480. The van der Waals surface area contributed by atoms with Gasteiger partial charge in [-0.1, -0.05) is 12.1 Å². The van der Waals surface area contributed by atoms with Crippen LogP contribution in [0.4, 0.5) is 10.5 Å². The first-order chi connectivity index (χ1) is 14.1. The molecule has 0 aromatic heterocycles. The summed E-state index contributed by atoms with van der Waals surface area (Å²) in [6.07, 6.45) is 1.76. The van der Waals surface area contributed by atoms with Gasteiger partial charge in [-0.15, -0.1) is 24.0 Å². The quantitative estimate of drug-likeness (QED) is 0.283. The number of hydrogen-bond acceptors (Lipinski definition) is 4. The predicted molar refractivity (Wildman–Crippen MR) is 138 cm³/mol. The normalized spacial score (nSPS) is 15.0. The number of aryl methyl sites for hydroxylation is 1. The largest absolute Gasteiger partial charge is 0.443 e. The van der Waals surface area contributed by atoms with Gasteiger partial charge in [0.2, 0.25) is 0 Å². The van der Waals surface area contributed by atoms with Gasteiger partial charge in [0, 0.05) is 25.7 Å². The van der Waals surface area contributed by atoms with Crippen LogP contribution in [0.3, 0.4) is 0 Å². The Hall–Kier alpha value is -1.55. The summed E-state index contributed by atoms with van der Waals surface area (Å²) in [5.41, 5.74) is 2.54. The first-order valence-electron chi connectivity index (χ1n) is 10.8. The lowest BCUT2D eigenvalue weighted by atomic mass is 10.1. The van der Waals surface area contributed by atoms with Gasteiger partial charge in [0.05, 0.1) is 18.8 Å². The number of aliphatic imine (C=N–C) groups is 1. The molecule has 31 heavy (non-hydrogen) atoms. The number of amides is 1. The minimum atomic E-state index is -0.511. The third-order valence-electron chi connectivity index (χ3n) is 4.59. The van der Waals surface area contributed by atoms with Gasteiger partial charge in [-0.25, -0.2) is 9.79 Å². The van der Waals surface area contributed by atoms with E-state index in [-0.39, 0.29) is 42.2 Å². The van der Waals surface area contributed by atoms with E-state index in [1.54, 1.807) is 7.11 Å². The van der Waals surface area contributed by atoms with Crippen LogP contribution in [0.2, 0.25) is 0 Å². The summed E-state index contributed by atoms with van der Waals surface area (Å²) in [6.45, 7) is 13.8. The number of ether oxygens (including phenoxy) is 2. The maximum Gasteiger partial charge on any atom is 0.415 e. The molecule has 0 radical (unpaired) electrons. The van der Waals surface area contributed by atoms with Crippen molar-refractivity contribution in [2.75, 3.05) is 25.2 Å². The fourth-order valence-corrected chi connectivity index (χ4v) is 3.19. The fourth-order valence-electron chi connectivity index (χ4n) is 3.19. The zero-order chi connectivity index (χ0) is 22.3. The average molecular weight is 546 g/mol. The predicted octanol–water partition coefficient (Wildman–Crippen LogP) is 4.61. The van der Waals surface area contributed by atoms with Crippen LogP contribution in [0.25, 0.3) is 0 Å². The summed E-state index contributed by atoms with van der Waals surface area (Å²) < 4.78 is 10.8. The number of benzene rings is 1. The van der Waals surface area contributed by atoms with Crippen molar-refractivity contribution in [2.24, 2.45) is 4.99 Å². The number of nitrogens with one attached hydrogen (secondary N) is 2. The van der Waals surface area contributed by atoms with E-state index < -0.39 is 5.60 Å². The molecule has 1 aliphatic carbocycles. The van der Waals surface area contributed by atoms with E-state index in [1.165, 1.54) is 0 Å². The molecular formula is C23H39IN4O3. The van der Waals surface area contributed by atoms with Crippen molar-refractivity contribution in [3.8, 4) is 0 Å². The van der Waals surface area contributed by atoms with Crippen LogP contribution in [-0.4, -0.2) is 50.0 Å². The van der Waals surface area contributed by atoms with Crippen LogP contribution in [0, 0.1) is 6.92 Å². The molecule has 176 valence electrons. The van der Waals surface area contributed by atoms with E-state index in [2.05, 4.69) is 28.6 Å². The highest BCUT2D eigenvalue weighted by molar-refractivity contribution is 14.0. The highest BCUT2D eigenvalue weighted by Gasteiger charge is 2.37. The Labute approximate surface area is 204 Å². The highest BCUT2D eigenvalue weighted by atomic mass is 127. The third kappa shape index (κ3) is 9.22. The molecule has 0 bridgehead atoms. The number of guanidine groups is 1. The molecule has 0 saturated heterocycles. The monoisotopic (exact) mass is 546 g/mol. The molecule has 7 nitrogen and oxygen atoms in total. The van der Waals surface area contributed by atoms with Gasteiger partial charge < -0.3 is 20.1 Å². The van der Waals surface area contributed by atoms with Crippen molar-refractivity contribution >= 4 is 41.7 Å². The van der Waals surface area contributed by atoms with Gasteiger partial charge in [-0.05, 0) is 71.6 Å². The smallest absolute Gasteiger partial charge is 0.415 e. The first-order valence-corrected chi connectivity index (χ1v) is 10.8. The number of anilines is 1. The Morgan fingerprint density at radius 2 is 2.00 bits per heavy atom. The van der Waals surface area contributed by atoms with Crippen molar-refractivity contribution in [1.82, 2.24) is 10.6 Å². The van der Waals surface area contributed by atoms with Crippen molar-refractivity contribution in [3.63, 3.8) is 0 Å². The van der Waals surface area contributed by atoms with Crippen LogP contribution < -0.4 is 15.5 Å². The zero-order valence-electron chi connectivity index (χ0n) is 19.9. The molecule has 2 rings (SSSR count). The molecule has 8 heteroatoms. The Morgan fingerprint density at radius 3 is 2.52 bits per heavy atom. The lowest BCUT2D eigenvalue weighted by Crippen LogP contribution is -2.43. The van der Waals surface area contributed by atoms with Gasteiger partial charge in [0.25, 0.3) is 0 Å². The molecule has 1 aromatic rings. The van der Waals surface area contributed by atoms with Gasteiger partial charge in [-0.3, -0.25) is 4.90 Å². The van der Waals surface area contributed by atoms with Crippen molar-refractivity contribution in [3.05, 3.63) is 29.3 Å². The van der Waals surface area contributed by atoms with Gasteiger partial charge in [-0.2, -0.15) is 0 Å². The number of carbonyl (C=O) groups excluding carboxylic acids is 1. The standard InChI is InChI=1S/C23H38N4O3.HI/c1-8-24-21(26-17(3)15-29-7)25-14-18-9-12-20(16(2)13-18)27(19-10-11-19)22(28)30-23(4,5)6;/h9,12-13,17,19H,8,10-11,14-15H2,1-7H3,(H2,24,25,26);1H. The van der Waals surface area contributed by atoms with E-state index >= 15 is 0 Å². The summed E-state index contributed by atoms with van der Waals surface area (Å²) >= 11 is 0. The van der Waals surface area contributed by atoms with Crippen molar-refractivity contribution < 1.29 is 14.3 Å². The number of hydrogen-bond donors (Lipinski definition) is 2. The summed E-state index contributed by atoms with van der Waals surface area (Å²) in [6, 6.07) is 6.54. The van der Waals surface area contributed by atoms with Crippen LogP contribution >= 0.6 is 24.0 Å². The Kier molecular flexibility index (Phi) is 11.1. The second kappa shape index (κ2) is 12.5. The molecule has 1 saturated carbocycles. The lowest BCUT2D eigenvalue weighted by molar-refractivity contribution is 0.0577. The summed E-state index contributed by atoms with van der Waals surface area (Å²) in [5.74, 6) is 0.761. The van der Waals surface area contributed by atoms with Crippen molar-refractivity contribution in [2.45, 2.75) is 78.6 Å². The molecule has 0 spiro atoms. The number of halogens is 1. The zero-order valence-corrected chi connectivity index (χ0v) is 22.3. The first kappa shape index (κ1) is 27.5. The Morgan fingerprint density at radius 1 is 1.32 bits per heavy atom. The van der Waals surface area contributed by atoms with Gasteiger partial charge in [0.1, 0.15) is 5.60 Å². The summed E-state index contributed by atoms with van der Waals surface area (Å²) in [7, 11) is 1.69. The lowest BCUT2D eigenvalue weighted by Gasteiger charge is -2.28. The van der Waals surface area contributed by atoms with Crippen LogP contribution in [-0.2, 0) is 16.0 Å². The van der Waals surface area contributed by atoms with E-state index in [9.17, 15) is 4.79 Å². The molecule has 1 amide bonds. The molecule has 0 heterocycles. The number of carbonyl (C=O) groups is 1. The SMILES string of the molecule is CCNC(=NCc1ccc(N(C(=O)OC(C)(C)C)C2CC2)c(C)c1)NC(C)COC.I. The molecule has 1 fully saturated rings. The fraction of sp³-hybridized carbons (Fsp3) is 0.652. The number of rotatable bonds is 8. The van der Waals surface area contributed by atoms with E-state index in [0.717, 1.165) is 42.2 Å². The van der Waals surface area contributed by atoms with Crippen LogP contribution in [0.5, 0.6) is 0 Å². The molecule has 1 aromatic carbocycles. The molecular weight excluding hydrogens is 507 g/mol. The van der Waals surface area contributed by atoms with Crippen LogP contribution in [0.15, 0.2) is 23.2 Å². The van der Waals surface area contributed by atoms with Crippen molar-refractivity contribution in [1.29, 1.82) is 0 Å². The minimum Gasteiger partial charge on any atom is -0.443 e. The number of methoxy groups -OCH3 is 1. The Bertz CT molecular complexity index is 745. The summed E-state index contributed by atoms with van der Waals surface area (Å²) in [5, 5.41) is 6.60. The average Bonchev–Trinajstić information content (AvgIpc) is 3.45. The molecule has 2 N–H and O–H groups in total. The molecule has 0 aliphatic heterocycles. The van der Waals surface area contributed by atoms with E-state index in [0.29, 0.717) is 13.2 Å². The second-order valence-corrected chi connectivity index (χ2v) is 8.90. The van der Waals surface area contributed by atoms with Crippen LogP contribution in [0.1, 0.15) is 58.6 Å². The van der Waals surface area contributed by atoms with Gasteiger partial charge in [0.15, 0.2) is 5.96 Å². The van der Waals surface area contributed by atoms with E-state index in [1.807, 2.05) is 51.7 Å². The highest BCUT2D eigenvalue weighted by Crippen LogP contribution is 2.35. The second-order valence-electron chi connectivity index (χ2n) is 8.90. The summed E-state index contributed by atoms with van der Waals surface area (Å²) in [4.78, 5) is 19.3.